The number of hydrogen-bond acceptors (Lipinski definition) is 3. The third-order valence-corrected chi connectivity index (χ3v) is 4.35. The number of anilines is 1. The fourth-order valence-corrected chi connectivity index (χ4v) is 3.49. The third kappa shape index (κ3) is 1.96. The highest BCUT2D eigenvalue weighted by molar-refractivity contribution is 5.93. The highest BCUT2D eigenvalue weighted by Crippen LogP contribution is 2.38. The average Bonchev–Trinajstić information content (AvgIpc) is 2.87. The maximum atomic E-state index is 7.37. The topological polar surface area (TPSA) is 66.0 Å². The molecule has 1 saturated heterocycles. The molecule has 0 aromatic carbocycles. The number of pyridine rings is 1. The first-order valence-electron chi connectivity index (χ1n) is 6.83. The van der Waals surface area contributed by atoms with Crippen molar-refractivity contribution in [2.75, 3.05) is 11.4 Å². The number of aromatic nitrogens is 1. The Balaban J connectivity index is 1.82. The summed E-state index contributed by atoms with van der Waals surface area (Å²) in [6.07, 6.45) is 8.62. The minimum absolute atomic E-state index is 0.0407. The molecule has 4 nitrogen and oxygen atoms in total. The molecule has 96 valence electrons. The van der Waals surface area contributed by atoms with Crippen LogP contribution in [0.25, 0.3) is 0 Å². The van der Waals surface area contributed by atoms with Gasteiger partial charge < -0.3 is 10.6 Å². The van der Waals surface area contributed by atoms with Gasteiger partial charge in [-0.15, -0.1) is 0 Å². The van der Waals surface area contributed by atoms with E-state index in [0.717, 1.165) is 12.5 Å². The molecule has 0 bridgehead atoms. The van der Waals surface area contributed by atoms with E-state index in [0.29, 0.717) is 11.7 Å². The Labute approximate surface area is 108 Å². The summed E-state index contributed by atoms with van der Waals surface area (Å²) in [7, 11) is 0. The number of amidine groups is 1. The Morgan fingerprint density at radius 2 is 2.11 bits per heavy atom. The van der Waals surface area contributed by atoms with Crippen molar-refractivity contribution in [3.8, 4) is 0 Å². The van der Waals surface area contributed by atoms with Crippen molar-refractivity contribution in [3.05, 3.63) is 24.0 Å². The van der Waals surface area contributed by atoms with Crippen molar-refractivity contribution in [2.24, 2.45) is 11.7 Å². The summed E-state index contributed by atoms with van der Waals surface area (Å²) in [5.74, 6) is 0.921. The zero-order valence-corrected chi connectivity index (χ0v) is 10.6. The Morgan fingerprint density at radius 3 is 2.83 bits per heavy atom. The second kappa shape index (κ2) is 4.59. The molecule has 0 radical (unpaired) electrons. The first kappa shape index (κ1) is 11.5. The maximum Gasteiger partial charge on any atom is 0.141 e. The van der Waals surface area contributed by atoms with Crippen molar-refractivity contribution in [3.63, 3.8) is 0 Å². The van der Waals surface area contributed by atoms with E-state index in [1.54, 1.807) is 0 Å². The number of fused-ring (bicyclic) bond motifs is 1. The summed E-state index contributed by atoms with van der Waals surface area (Å²) < 4.78 is 0. The van der Waals surface area contributed by atoms with Gasteiger partial charge in [-0.25, -0.2) is 0 Å². The number of nitrogens with zero attached hydrogens (tertiary/aromatic N) is 2. The molecule has 1 aliphatic heterocycles. The van der Waals surface area contributed by atoms with Gasteiger partial charge in [-0.05, 0) is 43.7 Å². The second-order valence-electron chi connectivity index (χ2n) is 5.41. The van der Waals surface area contributed by atoms with Crippen LogP contribution >= 0.6 is 0 Å². The van der Waals surface area contributed by atoms with Gasteiger partial charge in [-0.2, -0.15) is 0 Å². The zero-order valence-electron chi connectivity index (χ0n) is 10.6. The van der Waals surface area contributed by atoms with Crippen LogP contribution in [0.4, 0.5) is 5.69 Å². The van der Waals surface area contributed by atoms with Crippen LogP contribution in [0.1, 0.15) is 37.8 Å². The summed E-state index contributed by atoms with van der Waals surface area (Å²) in [5.41, 5.74) is 7.19. The third-order valence-electron chi connectivity index (χ3n) is 4.35. The molecule has 2 aliphatic rings. The van der Waals surface area contributed by atoms with Crippen molar-refractivity contribution in [1.82, 2.24) is 4.98 Å². The predicted molar refractivity (Wildman–Crippen MR) is 73.0 cm³/mol. The first-order valence-corrected chi connectivity index (χ1v) is 6.83. The normalized spacial score (nSPS) is 27.0. The molecule has 3 N–H and O–H groups in total. The minimum atomic E-state index is 0.0407. The van der Waals surface area contributed by atoms with E-state index in [2.05, 4.69) is 16.0 Å². The predicted octanol–water partition coefficient (Wildman–Crippen LogP) is 2.13. The highest BCUT2D eigenvalue weighted by Gasteiger charge is 2.35. The van der Waals surface area contributed by atoms with Gasteiger partial charge in [0.1, 0.15) is 11.5 Å². The van der Waals surface area contributed by atoms with Crippen molar-refractivity contribution < 1.29 is 0 Å². The van der Waals surface area contributed by atoms with Gasteiger partial charge in [0.15, 0.2) is 0 Å². The molecule has 2 heterocycles. The van der Waals surface area contributed by atoms with Gasteiger partial charge in [0.2, 0.25) is 0 Å². The standard InChI is InChI=1S/C14H20N4/c15-14(16)12-7-6-11(9-17-12)18-8-2-4-10-3-1-5-13(10)18/h6-7,9-10,13H,1-5,8H2,(H3,15,16). The lowest BCUT2D eigenvalue weighted by Gasteiger charge is -2.39. The Bertz CT molecular complexity index is 440. The van der Waals surface area contributed by atoms with Crippen LogP contribution in [0.15, 0.2) is 18.3 Å². The van der Waals surface area contributed by atoms with Crippen molar-refractivity contribution in [2.45, 2.75) is 38.1 Å². The fraction of sp³-hybridized carbons (Fsp3) is 0.571. The number of hydrogen-bond donors (Lipinski definition) is 2. The molecule has 1 aromatic heterocycles. The fourth-order valence-electron chi connectivity index (χ4n) is 3.49. The molecule has 18 heavy (non-hydrogen) atoms. The highest BCUT2D eigenvalue weighted by atomic mass is 15.2. The van der Waals surface area contributed by atoms with Crippen LogP contribution in [0.5, 0.6) is 0 Å². The smallest absolute Gasteiger partial charge is 0.141 e. The van der Waals surface area contributed by atoms with Crippen LogP contribution < -0.4 is 10.6 Å². The maximum absolute atomic E-state index is 7.37. The Kier molecular flexibility index (Phi) is 2.94. The van der Waals surface area contributed by atoms with Gasteiger partial charge in [-0.1, -0.05) is 6.42 Å². The lowest BCUT2D eigenvalue weighted by molar-refractivity contribution is 0.362. The van der Waals surface area contributed by atoms with Crippen LogP contribution in [-0.4, -0.2) is 23.4 Å². The van der Waals surface area contributed by atoms with Gasteiger partial charge >= 0.3 is 0 Å². The molecular formula is C14H20N4. The van der Waals surface area contributed by atoms with Crippen LogP contribution in [0.3, 0.4) is 0 Å². The van der Waals surface area contributed by atoms with Crippen LogP contribution in [0.2, 0.25) is 0 Å². The molecule has 1 aliphatic carbocycles. The second-order valence-corrected chi connectivity index (χ2v) is 5.41. The number of nitrogen functional groups attached to an aromatic ring is 1. The lowest BCUT2D eigenvalue weighted by Crippen LogP contribution is -2.42. The van der Waals surface area contributed by atoms with E-state index in [1.807, 2.05) is 12.3 Å². The summed E-state index contributed by atoms with van der Waals surface area (Å²) >= 11 is 0. The van der Waals surface area contributed by atoms with E-state index in [9.17, 15) is 0 Å². The van der Waals surface area contributed by atoms with Crippen LogP contribution in [0, 0.1) is 11.3 Å². The number of nitrogens with two attached hydrogens (primary N) is 1. The molecule has 2 atom stereocenters. The van der Waals surface area contributed by atoms with Gasteiger partial charge in [0.25, 0.3) is 0 Å². The van der Waals surface area contributed by atoms with E-state index in [4.69, 9.17) is 11.1 Å². The summed E-state index contributed by atoms with van der Waals surface area (Å²) in [6, 6.07) is 4.63. The molecule has 0 amide bonds. The minimum Gasteiger partial charge on any atom is -0.382 e. The van der Waals surface area contributed by atoms with Gasteiger partial charge in [-0.3, -0.25) is 10.4 Å². The average molecular weight is 244 g/mol. The molecular weight excluding hydrogens is 224 g/mol. The van der Waals surface area contributed by atoms with E-state index in [1.165, 1.54) is 37.8 Å². The summed E-state index contributed by atoms with van der Waals surface area (Å²) in [5, 5.41) is 7.37. The monoisotopic (exact) mass is 244 g/mol. The van der Waals surface area contributed by atoms with E-state index >= 15 is 0 Å². The van der Waals surface area contributed by atoms with E-state index in [-0.39, 0.29) is 5.84 Å². The zero-order chi connectivity index (χ0) is 12.5. The van der Waals surface area contributed by atoms with Crippen molar-refractivity contribution in [1.29, 1.82) is 5.41 Å². The van der Waals surface area contributed by atoms with Crippen LogP contribution in [-0.2, 0) is 0 Å². The first-order chi connectivity index (χ1) is 8.75. The lowest BCUT2D eigenvalue weighted by atomic mass is 9.91. The molecule has 2 fully saturated rings. The Hall–Kier alpha value is -1.58. The SMILES string of the molecule is N=C(N)c1ccc(N2CCCC3CCCC32)cn1. The number of rotatable bonds is 2. The molecule has 2 unspecified atom stereocenters. The summed E-state index contributed by atoms with van der Waals surface area (Å²) in [4.78, 5) is 6.79. The number of piperidine rings is 1. The largest absolute Gasteiger partial charge is 0.382 e. The summed E-state index contributed by atoms with van der Waals surface area (Å²) in [6.45, 7) is 1.14. The molecule has 1 saturated carbocycles. The molecule has 4 heteroatoms. The molecule has 0 spiro atoms. The molecule has 1 aromatic rings. The Morgan fingerprint density at radius 1 is 1.28 bits per heavy atom. The number of nitrogens with one attached hydrogen (secondary N) is 1. The molecule has 3 rings (SSSR count). The van der Waals surface area contributed by atoms with Crippen molar-refractivity contribution >= 4 is 11.5 Å². The van der Waals surface area contributed by atoms with Gasteiger partial charge in [0, 0.05) is 12.6 Å². The van der Waals surface area contributed by atoms with E-state index < -0.39 is 0 Å². The quantitative estimate of drug-likeness (QED) is 0.618. The van der Waals surface area contributed by atoms with Gasteiger partial charge in [0.05, 0.1) is 11.9 Å².